The molecule has 1 aliphatic heterocycles. The molecule has 3 N–H and O–H groups in total. The van der Waals surface area contributed by atoms with Gasteiger partial charge in [-0.1, -0.05) is 6.58 Å². The van der Waals surface area contributed by atoms with E-state index in [0.717, 1.165) is 17.9 Å². The Morgan fingerprint density at radius 1 is 1.77 bits per heavy atom. The Hall–Kier alpha value is -1.58. The SMILES string of the molecule is C=C(C)c1ccc(C2(C#N)CCC(COP(C)(=O)O)O2)n1N. The minimum Gasteiger partial charge on any atom is -0.349 e. The van der Waals surface area contributed by atoms with Crippen LogP contribution in [0.2, 0.25) is 0 Å². The Labute approximate surface area is 129 Å². The summed E-state index contributed by atoms with van der Waals surface area (Å²) in [5.41, 5.74) is 0.872. The van der Waals surface area contributed by atoms with Gasteiger partial charge in [-0.2, -0.15) is 5.26 Å². The summed E-state index contributed by atoms with van der Waals surface area (Å²) in [5.74, 6) is 6.04. The smallest absolute Gasteiger partial charge is 0.325 e. The van der Waals surface area contributed by atoms with Crippen molar-refractivity contribution in [2.24, 2.45) is 0 Å². The lowest BCUT2D eigenvalue weighted by Crippen LogP contribution is -2.31. The zero-order chi connectivity index (χ0) is 16.5. The molecule has 3 atom stereocenters. The van der Waals surface area contributed by atoms with Crippen LogP contribution in [-0.2, 0) is 19.4 Å². The van der Waals surface area contributed by atoms with Gasteiger partial charge in [0.25, 0.3) is 0 Å². The quantitative estimate of drug-likeness (QED) is 0.632. The second-order valence-electron chi connectivity index (χ2n) is 5.57. The minimum atomic E-state index is -3.56. The first-order chi connectivity index (χ1) is 10.2. The summed E-state index contributed by atoms with van der Waals surface area (Å²) in [5, 5.41) is 9.58. The second-order valence-corrected chi connectivity index (χ2v) is 7.43. The van der Waals surface area contributed by atoms with Gasteiger partial charge in [-0.25, -0.2) is 0 Å². The number of nitrogens with two attached hydrogens (primary N) is 1. The molecule has 120 valence electrons. The molecular formula is C14H20N3O4P. The summed E-state index contributed by atoms with van der Waals surface area (Å²) in [6.07, 6.45) is 0.554. The van der Waals surface area contributed by atoms with E-state index >= 15 is 0 Å². The third-order valence-corrected chi connectivity index (χ3v) is 4.26. The molecular weight excluding hydrogens is 305 g/mol. The Balaban J connectivity index is 2.20. The van der Waals surface area contributed by atoms with Crippen LogP contribution >= 0.6 is 7.60 Å². The van der Waals surface area contributed by atoms with Crippen molar-refractivity contribution >= 4 is 13.2 Å². The Morgan fingerprint density at radius 3 is 2.95 bits per heavy atom. The maximum Gasteiger partial charge on any atom is 0.325 e. The van der Waals surface area contributed by atoms with E-state index in [9.17, 15) is 9.83 Å². The first-order valence-electron chi connectivity index (χ1n) is 6.85. The molecule has 0 spiro atoms. The lowest BCUT2D eigenvalue weighted by Gasteiger charge is -2.23. The van der Waals surface area contributed by atoms with E-state index in [0.29, 0.717) is 18.5 Å². The normalized spacial score (nSPS) is 27.3. The van der Waals surface area contributed by atoms with Crippen molar-refractivity contribution in [3.63, 3.8) is 0 Å². The molecule has 7 nitrogen and oxygen atoms in total. The van der Waals surface area contributed by atoms with Gasteiger partial charge in [0.1, 0.15) is 6.07 Å². The number of aromatic nitrogens is 1. The molecule has 1 aromatic rings. The van der Waals surface area contributed by atoms with E-state index in [2.05, 4.69) is 12.6 Å². The predicted molar refractivity (Wildman–Crippen MR) is 82.4 cm³/mol. The highest BCUT2D eigenvalue weighted by molar-refractivity contribution is 7.51. The topological polar surface area (TPSA) is 110 Å². The number of nitriles is 1. The number of allylic oxidation sites excluding steroid dienone is 1. The molecule has 1 aliphatic rings. The number of ether oxygens (including phenoxy) is 1. The highest BCUT2D eigenvalue weighted by Gasteiger charge is 2.45. The monoisotopic (exact) mass is 325 g/mol. The third kappa shape index (κ3) is 3.26. The molecule has 8 heteroatoms. The summed E-state index contributed by atoms with van der Waals surface area (Å²) < 4.78 is 23.3. The van der Waals surface area contributed by atoms with E-state index in [-0.39, 0.29) is 6.61 Å². The maximum atomic E-state index is 11.2. The molecule has 0 aromatic carbocycles. The maximum absolute atomic E-state index is 11.2. The number of nitrogen functional groups attached to an aromatic ring is 1. The molecule has 0 aliphatic carbocycles. The van der Waals surface area contributed by atoms with Crippen LogP contribution in [-0.4, -0.2) is 28.9 Å². The van der Waals surface area contributed by atoms with Gasteiger partial charge in [0.2, 0.25) is 0 Å². The van der Waals surface area contributed by atoms with E-state index in [1.54, 1.807) is 12.1 Å². The molecule has 0 amide bonds. The lowest BCUT2D eigenvalue weighted by molar-refractivity contribution is -0.0293. The number of hydrogen-bond donors (Lipinski definition) is 2. The van der Waals surface area contributed by atoms with Crippen LogP contribution in [0, 0.1) is 11.3 Å². The van der Waals surface area contributed by atoms with Crippen LogP contribution in [0.25, 0.3) is 5.57 Å². The first-order valence-corrected chi connectivity index (χ1v) is 8.88. The van der Waals surface area contributed by atoms with Gasteiger partial charge in [0, 0.05) is 6.66 Å². The van der Waals surface area contributed by atoms with Gasteiger partial charge in [0.15, 0.2) is 5.60 Å². The highest BCUT2D eigenvalue weighted by atomic mass is 31.2. The number of rotatable bonds is 5. The second kappa shape index (κ2) is 5.90. The summed E-state index contributed by atoms with van der Waals surface area (Å²) in [6, 6.07) is 5.71. The lowest BCUT2D eigenvalue weighted by atomic mass is 9.97. The Bertz CT molecular complexity index is 672. The zero-order valence-corrected chi connectivity index (χ0v) is 13.5. The van der Waals surface area contributed by atoms with Crippen molar-refractivity contribution in [3.8, 4) is 6.07 Å². The van der Waals surface area contributed by atoms with Crippen LogP contribution in [0.15, 0.2) is 18.7 Å². The highest BCUT2D eigenvalue weighted by Crippen LogP contribution is 2.42. The summed E-state index contributed by atoms with van der Waals surface area (Å²) in [7, 11) is -3.56. The van der Waals surface area contributed by atoms with Crippen molar-refractivity contribution in [2.45, 2.75) is 31.5 Å². The van der Waals surface area contributed by atoms with E-state index in [1.165, 1.54) is 4.68 Å². The molecule has 0 saturated carbocycles. The van der Waals surface area contributed by atoms with Crippen molar-refractivity contribution in [3.05, 3.63) is 30.1 Å². The van der Waals surface area contributed by atoms with Crippen LogP contribution in [0.5, 0.6) is 0 Å². The van der Waals surface area contributed by atoms with Crippen molar-refractivity contribution < 1.29 is 18.7 Å². The molecule has 1 aromatic heterocycles. The van der Waals surface area contributed by atoms with Gasteiger partial charge < -0.3 is 20.0 Å². The van der Waals surface area contributed by atoms with Gasteiger partial charge in [-0.15, -0.1) is 0 Å². The van der Waals surface area contributed by atoms with E-state index < -0.39 is 19.3 Å². The number of nitrogens with zero attached hydrogens (tertiary/aromatic N) is 2. The summed E-state index contributed by atoms with van der Waals surface area (Å²) in [6.45, 7) is 6.75. The van der Waals surface area contributed by atoms with Gasteiger partial charge in [0.05, 0.1) is 24.1 Å². The largest absolute Gasteiger partial charge is 0.349 e. The first kappa shape index (κ1) is 16.8. The molecule has 0 bridgehead atoms. The van der Waals surface area contributed by atoms with Gasteiger partial charge >= 0.3 is 7.60 Å². The molecule has 22 heavy (non-hydrogen) atoms. The fourth-order valence-corrected chi connectivity index (χ4v) is 3.00. The summed E-state index contributed by atoms with van der Waals surface area (Å²) >= 11 is 0. The fraction of sp³-hybridized carbons (Fsp3) is 0.500. The van der Waals surface area contributed by atoms with Crippen molar-refractivity contribution in [1.29, 1.82) is 5.26 Å². The van der Waals surface area contributed by atoms with Crippen molar-refractivity contribution in [1.82, 2.24) is 4.68 Å². The van der Waals surface area contributed by atoms with Crippen molar-refractivity contribution in [2.75, 3.05) is 19.1 Å². The van der Waals surface area contributed by atoms with E-state index in [1.807, 2.05) is 6.92 Å². The summed E-state index contributed by atoms with van der Waals surface area (Å²) in [4.78, 5) is 9.17. The molecule has 2 heterocycles. The fourth-order valence-electron chi connectivity index (χ4n) is 2.56. The predicted octanol–water partition coefficient (Wildman–Crippen LogP) is 1.96. The Morgan fingerprint density at radius 2 is 2.45 bits per heavy atom. The van der Waals surface area contributed by atoms with E-state index in [4.69, 9.17) is 20.0 Å². The average Bonchev–Trinajstić information content (AvgIpc) is 3.00. The van der Waals surface area contributed by atoms with Gasteiger partial charge in [-0.05, 0) is 37.5 Å². The van der Waals surface area contributed by atoms with Crippen LogP contribution in [0.3, 0.4) is 0 Å². The minimum absolute atomic E-state index is 0.0354. The standard InChI is InChI=1S/C14H20N3O4P/c1-10(2)12-4-5-13(17(12)16)14(9-15)7-6-11(21-14)8-20-22(3,18)19/h4-5,11H,1,6-8,16H2,2-3H3,(H,18,19). The molecule has 2 rings (SSSR count). The van der Waals surface area contributed by atoms with Crippen LogP contribution in [0.4, 0.5) is 0 Å². The molecule has 1 saturated heterocycles. The average molecular weight is 325 g/mol. The zero-order valence-electron chi connectivity index (χ0n) is 12.7. The third-order valence-electron chi connectivity index (χ3n) is 3.64. The van der Waals surface area contributed by atoms with Crippen LogP contribution < -0.4 is 5.84 Å². The molecule has 0 radical (unpaired) electrons. The van der Waals surface area contributed by atoms with Gasteiger partial charge in [-0.3, -0.25) is 9.24 Å². The molecule has 1 fully saturated rings. The Kier molecular flexibility index (Phi) is 4.50. The van der Waals surface area contributed by atoms with Crippen LogP contribution in [0.1, 0.15) is 31.2 Å². The molecule has 3 unspecified atom stereocenters. The number of hydrogen-bond acceptors (Lipinski definition) is 5.